The Morgan fingerprint density at radius 1 is 1.24 bits per heavy atom. The second kappa shape index (κ2) is 9.39. The zero-order valence-corrected chi connectivity index (χ0v) is 17.1. The van der Waals surface area contributed by atoms with E-state index in [2.05, 4.69) is 17.1 Å². The number of nitriles is 1. The molecule has 0 spiro atoms. The molecular weight excluding hydrogens is 387 g/mol. The zero-order chi connectivity index (χ0) is 20.8. The first-order chi connectivity index (χ1) is 14.0. The van der Waals surface area contributed by atoms with Crippen LogP contribution in [0.4, 0.5) is 10.1 Å². The SMILES string of the molecule is Cc1ccc(-n2ccnc2SCC(=O)N(CCC#N)c2ccc(F)cc2)c(C)c1. The summed E-state index contributed by atoms with van der Waals surface area (Å²) in [6, 6.07) is 13.9. The number of hydrogen-bond donors (Lipinski definition) is 0. The van der Waals surface area contributed by atoms with E-state index in [-0.39, 0.29) is 30.4 Å². The van der Waals surface area contributed by atoms with Gasteiger partial charge in [0.1, 0.15) is 5.82 Å². The van der Waals surface area contributed by atoms with Gasteiger partial charge in [-0.1, -0.05) is 29.5 Å². The van der Waals surface area contributed by atoms with Crippen LogP contribution in [0.5, 0.6) is 0 Å². The minimum absolute atomic E-state index is 0.157. The van der Waals surface area contributed by atoms with E-state index in [0.717, 1.165) is 11.3 Å². The summed E-state index contributed by atoms with van der Waals surface area (Å²) in [4.78, 5) is 18.8. The van der Waals surface area contributed by atoms with E-state index in [1.165, 1.54) is 34.4 Å². The number of nitrogens with zero attached hydrogens (tertiary/aromatic N) is 4. The quantitative estimate of drug-likeness (QED) is 0.533. The smallest absolute Gasteiger partial charge is 0.237 e. The van der Waals surface area contributed by atoms with E-state index in [4.69, 9.17) is 5.26 Å². The molecule has 0 fully saturated rings. The number of rotatable bonds is 7. The number of benzene rings is 2. The van der Waals surface area contributed by atoms with E-state index < -0.39 is 0 Å². The first kappa shape index (κ1) is 20.6. The third-order valence-corrected chi connectivity index (χ3v) is 5.38. The summed E-state index contributed by atoms with van der Waals surface area (Å²) < 4.78 is 15.2. The van der Waals surface area contributed by atoms with Crippen molar-refractivity contribution < 1.29 is 9.18 Å². The summed E-state index contributed by atoms with van der Waals surface area (Å²) >= 11 is 1.33. The van der Waals surface area contributed by atoms with Crippen molar-refractivity contribution in [2.75, 3.05) is 17.2 Å². The third-order valence-electron chi connectivity index (χ3n) is 4.43. The Balaban J connectivity index is 1.76. The number of imidazole rings is 1. The van der Waals surface area contributed by atoms with Crippen molar-refractivity contribution in [2.45, 2.75) is 25.4 Å². The number of anilines is 1. The molecule has 3 rings (SSSR count). The van der Waals surface area contributed by atoms with Crippen molar-refractivity contribution in [3.63, 3.8) is 0 Å². The summed E-state index contributed by atoms with van der Waals surface area (Å²) in [5.74, 6) is -0.372. The molecule has 5 nitrogen and oxygen atoms in total. The number of hydrogen-bond acceptors (Lipinski definition) is 4. The fourth-order valence-corrected chi connectivity index (χ4v) is 3.88. The molecular formula is C22H21FN4OS. The minimum atomic E-state index is -0.369. The number of halogens is 1. The monoisotopic (exact) mass is 408 g/mol. The summed E-state index contributed by atoms with van der Waals surface area (Å²) in [6.45, 7) is 4.34. The first-order valence-corrected chi connectivity index (χ1v) is 10.1. The molecule has 2 aromatic carbocycles. The highest BCUT2D eigenvalue weighted by molar-refractivity contribution is 7.99. The maximum atomic E-state index is 13.2. The molecule has 0 saturated heterocycles. The standard InChI is InChI=1S/C22H21FN4OS/c1-16-4-9-20(17(2)14-16)27-13-11-25-22(27)29-15-21(28)26(12-3-10-24)19-7-5-18(23)6-8-19/h4-9,11,13-14H,3,12,15H2,1-2H3. The normalized spacial score (nSPS) is 10.6. The molecule has 3 aromatic rings. The number of amides is 1. The molecule has 0 unspecified atom stereocenters. The van der Waals surface area contributed by atoms with Gasteiger partial charge in [0.15, 0.2) is 5.16 Å². The lowest BCUT2D eigenvalue weighted by Crippen LogP contribution is -2.33. The van der Waals surface area contributed by atoms with Crippen molar-refractivity contribution in [2.24, 2.45) is 0 Å². The first-order valence-electron chi connectivity index (χ1n) is 9.16. The Morgan fingerprint density at radius 2 is 2.00 bits per heavy atom. The van der Waals surface area contributed by atoms with Gasteiger partial charge in [0.05, 0.1) is 23.9 Å². The number of carbonyl (C=O) groups excluding carboxylic acids is 1. The fourth-order valence-electron chi connectivity index (χ4n) is 3.04. The maximum absolute atomic E-state index is 13.2. The van der Waals surface area contributed by atoms with E-state index in [1.807, 2.05) is 36.7 Å². The van der Waals surface area contributed by atoms with Crippen LogP contribution < -0.4 is 4.90 Å². The average Bonchev–Trinajstić information content (AvgIpc) is 3.16. The molecule has 0 aliphatic heterocycles. The predicted octanol–water partition coefficient (Wildman–Crippen LogP) is 4.67. The maximum Gasteiger partial charge on any atom is 0.237 e. The van der Waals surface area contributed by atoms with Crippen molar-refractivity contribution in [1.29, 1.82) is 5.26 Å². The van der Waals surface area contributed by atoms with Crippen LogP contribution in [0.25, 0.3) is 5.69 Å². The summed E-state index contributed by atoms with van der Waals surface area (Å²) in [5, 5.41) is 9.62. The van der Waals surface area contributed by atoms with Crippen LogP contribution in [0.2, 0.25) is 0 Å². The average molecular weight is 409 g/mol. The Kier molecular flexibility index (Phi) is 6.68. The van der Waals surface area contributed by atoms with Gasteiger partial charge in [-0.2, -0.15) is 5.26 Å². The molecule has 0 bridgehead atoms. The lowest BCUT2D eigenvalue weighted by Gasteiger charge is -2.21. The van der Waals surface area contributed by atoms with Crippen molar-refractivity contribution in [3.05, 3.63) is 71.8 Å². The van der Waals surface area contributed by atoms with Crippen LogP contribution in [-0.2, 0) is 4.79 Å². The van der Waals surface area contributed by atoms with Crippen molar-refractivity contribution in [3.8, 4) is 11.8 Å². The van der Waals surface area contributed by atoms with Gasteiger partial charge >= 0.3 is 0 Å². The number of carbonyl (C=O) groups is 1. The third kappa shape index (κ3) is 5.04. The second-order valence-electron chi connectivity index (χ2n) is 6.59. The molecule has 0 aliphatic rings. The van der Waals surface area contributed by atoms with Gasteiger partial charge in [0, 0.05) is 24.6 Å². The van der Waals surface area contributed by atoms with Gasteiger partial charge in [0.2, 0.25) is 5.91 Å². The van der Waals surface area contributed by atoms with Gasteiger partial charge in [0.25, 0.3) is 0 Å². The van der Waals surface area contributed by atoms with Crippen LogP contribution >= 0.6 is 11.8 Å². The van der Waals surface area contributed by atoms with Crippen molar-refractivity contribution in [1.82, 2.24) is 9.55 Å². The minimum Gasteiger partial charge on any atom is -0.311 e. The molecule has 0 N–H and O–H groups in total. The van der Waals surface area contributed by atoms with Gasteiger partial charge in [-0.05, 0) is 49.7 Å². The Bertz CT molecular complexity index is 1040. The molecule has 1 heterocycles. The van der Waals surface area contributed by atoms with E-state index in [9.17, 15) is 9.18 Å². The van der Waals surface area contributed by atoms with Crippen molar-refractivity contribution >= 4 is 23.4 Å². The molecule has 0 aliphatic carbocycles. The van der Waals surface area contributed by atoms with Crippen LogP contribution in [0.1, 0.15) is 17.5 Å². The van der Waals surface area contributed by atoms with Gasteiger partial charge in [-0.15, -0.1) is 0 Å². The molecule has 1 amide bonds. The van der Waals surface area contributed by atoms with Gasteiger partial charge in [-0.25, -0.2) is 9.37 Å². The molecule has 0 radical (unpaired) electrons. The highest BCUT2D eigenvalue weighted by Gasteiger charge is 2.18. The van der Waals surface area contributed by atoms with E-state index in [1.54, 1.807) is 18.3 Å². The molecule has 1 aromatic heterocycles. The summed E-state index contributed by atoms with van der Waals surface area (Å²) in [7, 11) is 0. The molecule has 7 heteroatoms. The predicted molar refractivity (Wildman–Crippen MR) is 113 cm³/mol. The lowest BCUT2D eigenvalue weighted by molar-refractivity contribution is -0.116. The Hall–Kier alpha value is -3.11. The largest absolute Gasteiger partial charge is 0.311 e. The molecule has 0 saturated carbocycles. The van der Waals surface area contributed by atoms with E-state index >= 15 is 0 Å². The topological polar surface area (TPSA) is 61.9 Å². The van der Waals surface area contributed by atoms with Gasteiger partial charge < -0.3 is 4.90 Å². The number of aromatic nitrogens is 2. The van der Waals surface area contributed by atoms with E-state index in [0.29, 0.717) is 10.8 Å². The van der Waals surface area contributed by atoms with Gasteiger partial charge in [-0.3, -0.25) is 9.36 Å². The zero-order valence-electron chi connectivity index (χ0n) is 16.3. The highest BCUT2D eigenvalue weighted by Crippen LogP contribution is 2.25. The molecule has 29 heavy (non-hydrogen) atoms. The fraction of sp³-hybridized carbons (Fsp3) is 0.227. The second-order valence-corrected chi connectivity index (χ2v) is 7.53. The van der Waals surface area contributed by atoms with Crippen LogP contribution in [-0.4, -0.2) is 27.8 Å². The Labute approximate surface area is 173 Å². The summed E-state index contributed by atoms with van der Waals surface area (Å²) in [6.07, 6.45) is 3.78. The number of thioether (sulfide) groups is 1. The van der Waals surface area contributed by atoms with Crippen LogP contribution in [0.15, 0.2) is 60.0 Å². The highest BCUT2D eigenvalue weighted by atomic mass is 32.2. The Morgan fingerprint density at radius 3 is 2.69 bits per heavy atom. The summed E-state index contributed by atoms with van der Waals surface area (Å²) in [5.41, 5.74) is 3.90. The van der Waals surface area contributed by atoms with Crippen LogP contribution in [0, 0.1) is 31.0 Å². The van der Waals surface area contributed by atoms with Crippen LogP contribution in [0.3, 0.4) is 0 Å². The lowest BCUT2D eigenvalue weighted by atomic mass is 10.1. The molecule has 148 valence electrons. The number of aryl methyl sites for hydroxylation is 2. The molecule has 0 atom stereocenters.